The number of hydrogen-bond donors (Lipinski definition) is 1. The van der Waals surface area contributed by atoms with E-state index >= 15 is 0 Å². The molecule has 2 aliphatic rings. The third-order valence-corrected chi connectivity index (χ3v) is 8.14. The second kappa shape index (κ2) is 11.7. The molecule has 2 aromatic carbocycles. The van der Waals surface area contributed by atoms with Crippen LogP contribution >= 0.6 is 11.3 Å². The van der Waals surface area contributed by atoms with Crippen molar-refractivity contribution < 1.29 is 33.7 Å². The van der Waals surface area contributed by atoms with Crippen LogP contribution in [0.1, 0.15) is 71.7 Å². The monoisotopic (exact) mass is 576 g/mol. The number of anilines is 1. The molecule has 1 N–H and O–H groups in total. The molecule has 0 spiro atoms. The maximum absolute atomic E-state index is 13.6. The van der Waals surface area contributed by atoms with E-state index in [1.807, 2.05) is 6.92 Å². The number of aryl methyl sites for hydroxylation is 1. The number of carbonyl (C=O) groups is 3. The summed E-state index contributed by atoms with van der Waals surface area (Å²) < 4.78 is 16.9. The molecule has 0 saturated carbocycles. The van der Waals surface area contributed by atoms with Crippen molar-refractivity contribution in [2.45, 2.75) is 59.1 Å². The number of aliphatic hydroxyl groups excluding tert-OH is 1. The van der Waals surface area contributed by atoms with Gasteiger partial charge in [0.2, 0.25) is 0 Å². The van der Waals surface area contributed by atoms with Crippen molar-refractivity contribution in [2.24, 2.45) is 0 Å². The Balaban J connectivity index is 1.64. The van der Waals surface area contributed by atoms with Crippen LogP contribution in [0, 0.1) is 6.92 Å². The molecule has 0 aliphatic carbocycles. The second-order valence-electron chi connectivity index (χ2n) is 10.0. The van der Waals surface area contributed by atoms with Gasteiger partial charge in [0.05, 0.1) is 30.5 Å². The number of carbonyl (C=O) groups excluding carboxylic acids is 3. The fraction of sp³-hybridized carbons (Fsp3) is 0.355. The van der Waals surface area contributed by atoms with Gasteiger partial charge in [0.15, 0.2) is 5.13 Å². The molecule has 0 unspecified atom stereocenters. The maximum atomic E-state index is 13.6. The fourth-order valence-corrected chi connectivity index (χ4v) is 6.04. The predicted molar refractivity (Wildman–Crippen MR) is 155 cm³/mol. The summed E-state index contributed by atoms with van der Waals surface area (Å²) in [6.07, 6.45) is 2.51. The highest BCUT2D eigenvalue weighted by Crippen LogP contribution is 2.45. The summed E-state index contributed by atoms with van der Waals surface area (Å²) in [4.78, 5) is 45.7. The number of benzene rings is 2. The third kappa shape index (κ3) is 5.44. The van der Waals surface area contributed by atoms with Gasteiger partial charge < -0.3 is 19.3 Å². The van der Waals surface area contributed by atoms with Gasteiger partial charge >= 0.3 is 11.9 Å². The van der Waals surface area contributed by atoms with E-state index in [9.17, 15) is 19.5 Å². The van der Waals surface area contributed by atoms with Gasteiger partial charge in [0, 0.05) is 12.0 Å². The first-order chi connectivity index (χ1) is 19.7. The highest BCUT2D eigenvalue weighted by Gasteiger charge is 2.48. The molecule has 1 fully saturated rings. The van der Waals surface area contributed by atoms with Crippen LogP contribution in [0.5, 0.6) is 11.5 Å². The van der Waals surface area contributed by atoms with Crippen molar-refractivity contribution in [2.75, 3.05) is 18.1 Å². The summed E-state index contributed by atoms with van der Waals surface area (Å²) in [6.45, 7) is 8.08. The number of aromatic nitrogens is 1. The van der Waals surface area contributed by atoms with Gasteiger partial charge in [-0.1, -0.05) is 36.8 Å². The van der Waals surface area contributed by atoms with Crippen LogP contribution in [0.15, 0.2) is 48.0 Å². The average Bonchev–Trinajstić information content (AvgIpc) is 3.60. The first-order valence-corrected chi connectivity index (χ1v) is 14.5. The lowest BCUT2D eigenvalue weighted by atomic mass is 9.94. The number of ketones is 1. The molecule has 41 heavy (non-hydrogen) atoms. The molecule has 3 aromatic rings. The lowest BCUT2D eigenvalue weighted by Crippen LogP contribution is -2.29. The number of amides is 1. The number of nitrogens with zero attached hydrogens (tertiary/aromatic N) is 2. The zero-order valence-electron chi connectivity index (χ0n) is 23.4. The molecule has 5 rings (SSSR count). The van der Waals surface area contributed by atoms with Gasteiger partial charge in [0.1, 0.15) is 28.2 Å². The van der Waals surface area contributed by atoms with Crippen LogP contribution in [0.3, 0.4) is 0 Å². The minimum atomic E-state index is -1.01. The van der Waals surface area contributed by atoms with Gasteiger partial charge in [-0.2, -0.15) is 0 Å². The highest BCUT2D eigenvalue weighted by molar-refractivity contribution is 7.17. The second-order valence-corrected chi connectivity index (χ2v) is 11.0. The van der Waals surface area contributed by atoms with Crippen molar-refractivity contribution in [3.8, 4) is 11.5 Å². The lowest BCUT2D eigenvalue weighted by molar-refractivity contribution is -0.132. The van der Waals surface area contributed by atoms with E-state index in [0.29, 0.717) is 35.6 Å². The number of aliphatic hydroxyl groups is 1. The Bertz CT molecular complexity index is 1540. The van der Waals surface area contributed by atoms with Gasteiger partial charge in [-0.05, 0) is 68.7 Å². The van der Waals surface area contributed by atoms with Crippen molar-refractivity contribution in [1.29, 1.82) is 0 Å². The average molecular weight is 577 g/mol. The van der Waals surface area contributed by atoms with Crippen LogP contribution in [-0.2, 0) is 20.7 Å². The smallest absolute Gasteiger partial charge is 0.350 e. The number of hydrogen-bond acceptors (Lipinski definition) is 9. The van der Waals surface area contributed by atoms with E-state index in [1.54, 1.807) is 56.3 Å². The molecule has 1 saturated heterocycles. The van der Waals surface area contributed by atoms with E-state index in [2.05, 4.69) is 11.9 Å². The largest absolute Gasteiger partial charge is 0.507 e. The van der Waals surface area contributed by atoms with E-state index in [0.717, 1.165) is 35.5 Å². The van der Waals surface area contributed by atoms with Crippen LogP contribution in [0.25, 0.3) is 5.76 Å². The minimum absolute atomic E-state index is 0.00478. The van der Waals surface area contributed by atoms with Crippen molar-refractivity contribution >= 4 is 39.9 Å². The fourth-order valence-electron chi connectivity index (χ4n) is 5.05. The minimum Gasteiger partial charge on any atom is -0.507 e. The molecular weight excluding hydrogens is 544 g/mol. The number of esters is 1. The quantitative estimate of drug-likeness (QED) is 0.112. The lowest BCUT2D eigenvalue weighted by Gasteiger charge is -2.23. The van der Waals surface area contributed by atoms with Crippen LogP contribution in [0.2, 0.25) is 0 Å². The molecule has 3 heterocycles. The summed E-state index contributed by atoms with van der Waals surface area (Å²) in [5.74, 6) is -1.24. The van der Waals surface area contributed by atoms with E-state index in [1.165, 1.54) is 4.90 Å². The molecule has 10 heteroatoms. The van der Waals surface area contributed by atoms with Crippen LogP contribution in [-0.4, -0.2) is 47.1 Å². The molecule has 214 valence electrons. The van der Waals surface area contributed by atoms with E-state index in [-0.39, 0.29) is 34.1 Å². The Morgan fingerprint density at radius 2 is 2.00 bits per heavy atom. The Labute approximate surface area is 242 Å². The summed E-state index contributed by atoms with van der Waals surface area (Å²) in [7, 11) is 0. The Morgan fingerprint density at radius 1 is 1.20 bits per heavy atom. The zero-order chi connectivity index (χ0) is 29.3. The maximum Gasteiger partial charge on any atom is 0.350 e. The Hall–Kier alpha value is -4.18. The van der Waals surface area contributed by atoms with Gasteiger partial charge in [0.25, 0.3) is 5.78 Å². The summed E-state index contributed by atoms with van der Waals surface area (Å²) >= 11 is 0.971. The third-order valence-electron chi connectivity index (χ3n) is 7.01. The number of Topliss-reactive ketones (excluding diaryl/α,β-unsaturated/α-hetero) is 1. The Kier molecular flexibility index (Phi) is 8.12. The number of fused-ring (bicyclic) bond motifs is 1. The van der Waals surface area contributed by atoms with Crippen LogP contribution < -0.4 is 14.4 Å². The van der Waals surface area contributed by atoms with E-state index in [4.69, 9.17) is 14.2 Å². The van der Waals surface area contributed by atoms with E-state index < -0.39 is 23.7 Å². The molecule has 0 bridgehead atoms. The molecule has 0 radical (unpaired) electrons. The van der Waals surface area contributed by atoms with Gasteiger partial charge in [-0.3, -0.25) is 14.5 Å². The first kappa shape index (κ1) is 28.4. The van der Waals surface area contributed by atoms with Crippen molar-refractivity contribution in [3.63, 3.8) is 0 Å². The van der Waals surface area contributed by atoms with Crippen molar-refractivity contribution in [1.82, 2.24) is 4.98 Å². The Morgan fingerprint density at radius 3 is 2.76 bits per heavy atom. The molecule has 2 aliphatic heterocycles. The number of ether oxygens (including phenoxy) is 3. The highest BCUT2D eigenvalue weighted by atomic mass is 32.1. The summed E-state index contributed by atoms with van der Waals surface area (Å²) in [5.41, 5.74) is 2.19. The number of rotatable bonds is 9. The first-order valence-electron chi connectivity index (χ1n) is 13.7. The van der Waals surface area contributed by atoms with Gasteiger partial charge in [-0.25, -0.2) is 9.78 Å². The number of unbranched alkanes of at least 4 members (excludes halogenated alkanes) is 1. The standard InChI is InChI=1S/C31H32N2O7S/c1-5-7-13-39-22-10-8-9-19(16-22)25-24(26(34)20-11-12-23-21(15-20)14-17(3)40-23)27(35)29(36)33(25)31-32-18(4)28(41-31)30(37)38-6-2/h8-12,15-17,25,34H,5-7,13-14H2,1-4H3/b26-24+/t17-,25+/m0/s1. The molecular formula is C31H32N2O7S. The predicted octanol–water partition coefficient (Wildman–Crippen LogP) is 5.76. The normalized spacial score (nSPS) is 19.3. The molecule has 9 nitrogen and oxygen atoms in total. The molecule has 2 atom stereocenters. The molecule has 1 amide bonds. The van der Waals surface area contributed by atoms with Gasteiger partial charge in [-0.15, -0.1) is 0 Å². The number of thiazole rings is 1. The van der Waals surface area contributed by atoms with Crippen LogP contribution in [0.4, 0.5) is 5.13 Å². The summed E-state index contributed by atoms with van der Waals surface area (Å²) in [6, 6.07) is 11.3. The van der Waals surface area contributed by atoms with Crippen molar-refractivity contribution in [3.05, 3.63) is 75.3 Å². The summed E-state index contributed by atoms with van der Waals surface area (Å²) in [5, 5.41) is 11.7. The molecule has 1 aromatic heterocycles. The topological polar surface area (TPSA) is 115 Å². The zero-order valence-corrected chi connectivity index (χ0v) is 24.2. The SMILES string of the molecule is CCCCOc1cccc([C@@H]2/C(=C(\O)c3ccc4c(c3)C[C@H](C)O4)C(=O)C(=O)N2c2nc(C)c(C(=O)OCC)s2)c1.